The molecule has 5 heteroatoms. The summed E-state index contributed by atoms with van der Waals surface area (Å²) in [6, 6.07) is 7.51. The molecular formula is C13H18N2O3. The molecule has 0 bridgehead atoms. The Hall–Kier alpha value is -1.61. The minimum atomic E-state index is -0.524. The molecule has 1 aromatic carbocycles. The van der Waals surface area contributed by atoms with Gasteiger partial charge in [-0.25, -0.2) is 0 Å². The summed E-state index contributed by atoms with van der Waals surface area (Å²) >= 11 is 0. The molecule has 5 nitrogen and oxygen atoms in total. The number of rotatable bonds is 7. The number of hydrogen-bond acceptors (Lipinski definition) is 5. The maximum Gasteiger partial charge on any atom is 0.136 e. The Labute approximate surface area is 107 Å². The topological polar surface area (TPSA) is 74.5 Å². The summed E-state index contributed by atoms with van der Waals surface area (Å²) in [6.45, 7) is 1.33. The summed E-state index contributed by atoms with van der Waals surface area (Å²) in [5, 5.41) is 21.5. The largest absolute Gasteiger partial charge is 0.495 e. The molecule has 1 rings (SSSR count). The van der Waals surface area contributed by atoms with Crippen LogP contribution >= 0.6 is 0 Å². The van der Waals surface area contributed by atoms with Gasteiger partial charge < -0.3 is 19.9 Å². The van der Waals surface area contributed by atoms with Crippen LogP contribution in [0.2, 0.25) is 0 Å². The van der Waals surface area contributed by atoms with E-state index in [1.165, 1.54) is 7.11 Å². The van der Waals surface area contributed by atoms with Crippen molar-refractivity contribution in [2.24, 2.45) is 0 Å². The maximum atomic E-state index is 9.45. The van der Waals surface area contributed by atoms with Crippen molar-refractivity contribution in [3.63, 3.8) is 0 Å². The van der Waals surface area contributed by atoms with Gasteiger partial charge in [-0.05, 0) is 17.7 Å². The number of ether oxygens (including phenoxy) is 2. The Kier molecular flexibility index (Phi) is 6.15. The van der Waals surface area contributed by atoms with Crippen molar-refractivity contribution < 1.29 is 14.6 Å². The molecule has 18 heavy (non-hydrogen) atoms. The Balaban J connectivity index is 2.51. The van der Waals surface area contributed by atoms with Crippen molar-refractivity contribution in [3.8, 4) is 11.8 Å². The van der Waals surface area contributed by atoms with E-state index in [2.05, 4.69) is 11.4 Å². The molecule has 0 amide bonds. The second kappa shape index (κ2) is 7.67. The van der Waals surface area contributed by atoms with Crippen molar-refractivity contribution in [1.29, 1.82) is 5.26 Å². The minimum Gasteiger partial charge on any atom is -0.495 e. The zero-order valence-electron chi connectivity index (χ0n) is 10.6. The lowest BCUT2D eigenvalue weighted by Crippen LogP contribution is -2.29. The van der Waals surface area contributed by atoms with Crippen molar-refractivity contribution in [3.05, 3.63) is 29.3 Å². The van der Waals surface area contributed by atoms with Crippen LogP contribution in [-0.4, -0.2) is 38.6 Å². The number of methoxy groups -OCH3 is 2. The highest BCUT2D eigenvalue weighted by Gasteiger charge is 2.05. The van der Waals surface area contributed by atoms with Crippen LogP contribution in [0.1, 0.15) is 11.1 Å². The first-order valence-electron chi connectivity index (χ1n) is 5.66. The average molecular weight is 250 g/mol. The summed E-state index contributed by atoms with van der Waals surface area (Å²) in [5.41, 5.74) is 1.48. The SMILES string of the molecule is COCC(O)CNCc1ccc(OC)c(C#N)c1. The van der Waals surface area contributed by atoms with Gasteiger partial charge in [0.25, 0.3) is 0 Å². The normalized spacial score (nSPS) is 11.9. The molecule has 0 aromatic heterocycles. The van der Waals surface area contributed by atoms with Gasteiger partial charge >= 0.3 is 0 Å². The van der Waals surface area contributed by atoms with Crippen LogP contribution in [0.3, 0.4) is 0 Å². The summed E-state index contributed by atoms with van der Waals surface area (Å²) in [5.74, 6) is 0.570. The Morgan fingerprint density at radius 3 is 2.83 bits per heavy atom. The van der Waals surface area contributed by atoms with Crippen LogP contribution in [0, 0.1) is 11.3 Å². The highest BCUT2D eigenvalue weighted by atomic mass is 16.5. The molecule has 0 radical (unpaired) electrons. The monoisotopic (exact) mass is 250 g/mol. The van der Waals surface area contributed by atoms with E-state index in [1.54, 1.807) is 19.2 Å². The van der Waals surface area contributed by atoms with Gasteiger partial charge in [0.05, 0.1) is 25.4 Å². The predicted molar refractivity (Wildman–Crippen MR) is 67.3 cm³/mol. The molecule has 0 aliphatic rings. The molecule has 1 atom stereocenters. The minimum absolute atomic E-state index is 0.305. The summed E-state index contributed by atoms with van der Waals surface area (Å²) in [4.78, 5) is 0. The van der Waals surface area contributed by atoms with Gasteiger partial charge in [-0.15, -0.1) is 0 Å². The fourth-order valence-electron chi connectivity index (χ4n) is 1.59. The zero-order chi connectivity index (χ0) is 13.4. The van der Waals surface area contributed by atoms with E-state index in [0.717, 1.165) is 5.56 Å². The second-order valence-corrected chi connectivity index (χ2v) is 3.89. The smallest absolute Gasteiger partial charge is 0.136 e. The fraction of sp³-hybridized carbons (Fsp3) is 0.462. The zero-order valence-corrected chi connectivity index (χ0v) is 10.6. The molecule has 2 N–H and O–H groups in total. The van der Waals surface area contributed by atoms with E-state index in [4.69, 9.17) is 14.7 Å². The lowest BCUT2D eigenvalue weighted by molar-refractivity contribution is 0.0644. The Bertz CT molecular complexity index is 415. The maximum absolute atomic E-state index is 9.45. The second-order valence-electron chi connectivity index (χ2n) is 3.89. The third-order valence-electron chi connectivity index (χ3n) is 2.45. The van der Waals surface area contributed by atoms with Gasteiger partial charge in [-0.1, -0.05) is 6.07 Å². The van der Waals surface area contributed by atoms with Crippen molar-refractivity contribution >= 4 is 0 Å². The van der Waals surface area contributed by atoms with Gasteiger partial charge in [0.15, 0.2) is 0 Å². The van der Waals surface area contributed by atoms with Crippen LogP contribution < -0.4 is 10.1 Å². The summed E-state index contributed by atoms with van der Waals surface area (Å²) in [6.07, 6.45) is -0.524. The van der Waals surface area contributed by atoms with Crippen molar-refractivity contribution in [2.45, 2.75) is 12.6 Å². The number of benzene rings is 1. The average Bonchev–Trinajstić information content (AvgIpc) is 2.38. The van der Waals surface area contributed by atoms with Gasteiger partial charge in [0.2, 0.25) is 0 Å². The van der Waals surface area contributed by atoms with E-state index in [1.807, 2.05) is 6.07 Å². The number of aliphatic hydroxyl groups excluding tert-OH is 1. The fourth-order valence-corrected chi connectivity index (χ4v) is 1.59. The van der Waals surface area contributed by atoms with Gasteiger partial charge in [0.1, 0.15) is 11.8 Å². The van der Waals surface area contributed by atoms with Crippen LogP contribution in [0.25, 0.3) is 0 Å². The van der Waals surface area contributed by atoms with E-state index >= 15 is 0 Å². The molecule has 1 aromatic rings. The van der Waals surface area contributed by atoms with Crippen molar-refractivity contribution in [1.82, 2.24) is 5.32 Å². The van der Waals surface area contributed by atoms with Gasteiger partial charge in [-0.2, -0.15) is 5.26 Å². The first-order chi connectivity index (χ1) is 8.71. The summed E-state index contributed by atoms with van der Waals surface area (Å²) in [7, 11) is 3.08. The standard InChI is InChI=1S/C13H18N2O3/c1-17-9-12(16)8-15-7-10-3-4-13(18-2)11(5-10)6-14/h3-5,12,15-16H,7-9H2,1-2H3. The van der Waals surface area contributed by atoms with Crippen LogP contribution in [0.4, 0.5) is 0 Å². The first kappa shape index (κ1) is 14.5. The van der Waals surface area contributed by atoms with E-state index in [0.29, 0.717) is 31.0 Å². The molecule has 98 valence electrons. The highest BCUT2D eigenvalue weighted by molar-refractivity contribution is 5.45. The van der Waals surface area contributed by atoms with Crippen molar-refractivity contribution in [2.75, 3.05) is 27.4 Å². The molecule has 0 saturated carbocycles. The summed E-state index contributed by atoms with van der Waals surface area (Å²) < 4.78 is 9.89. The van der Waals surface area contributed by atoms with E-state index in [9.17, 15) is 5.11 Å². The highest BCUT2D eigenvalue weighted by Crippen LogP contribution is 2.18. The molecule has 1 unspecified atom stereocenters. The Morgan fingerprint density at radius 2 is 2.22 bits per heavy atom. The van der Waals surface area contributed by atoms with E-state index in [-0.39, 0.29) is 0 Å². The molecular weight excluding hydrogens is 232 g/mol. The molecule has 0 heterocycles. The van der Waals surface area contributed by atoms with Crippen LogP contribution in [0.15, 0.2) is 18.2 Å². The molecule has 0 aliphatic heterocycles. The Morgan fingerprint density at radius 1 is 1.44 bits per heavy atom. The van der Waals surface area contributed by atoms with Gasteiger partial charge in [0, 0.05) is 20.2 Å². The number of nitrogens with one attached hydrogen (secondary N) is 1. The molecule has 0 aliphatic carbocycles. The number of aliphatic hydroxyl groups is 1. The van der Waals surface area contributed by atoms with E-state index < -0.39 is 6.10 Å². The molecule has 0 saturated heterocycles. The van der Waals surface area contributed by atoms with Gasteiger partial charge in [-0.3, -0.25) is 0 Å². The quantitative estimate of drug-likeness (QED) is 0.743. The van der Waals surface area contributed by atoms with Crippen LogP contribution in [-0.2, 0) is 11.3 Å². The molecule has 0 spiro atoms. The lowest BCUT2D eigenvalue weighted by atomic mass is 10.1. The molecule has 0 fully saturated rings. The third kappa shape index (κ3) is 4.34. The number of nitrogens with zero attached hydrogens (tertiary/aromatic N) is 1. The third-order valence-corrected chi connectivity index (χ3v) is 2.45. The lowest BCUT2D eigenvalue weighted by Gasteiger charge is -2.11. The number of hydrogen-bond donors (Lipinski definition) is 2. The van der Waals surface area contributed by atoms with Crippen LogP contribution in [0.5, 0.6) is 5.75 Å². The number of nitriles is 1. The predicted octanol–water partition coefficient (Wildman–Crippen LogP) is 0.664. The first-order valence-corrected chi connectivity index (χ1v) is 5.66.